The predicted molar refractivity (Wildman–Crippen MR) is 106 cm³/mol. The maximum Gasteiger partial charge on any atom is 0.219 e. The predicted octanol–water partition coefficient (Wildman–Crippen LogP) is 4.15. The van der Waals surface area contributed by atoms with Crippen LogP contribution in [0.15, 0.2) is 60.8 Å². The first kappa shape index (κ1) is 15.9. The number of nitrogens with two attached hydrogens (primary N) is 1. The number of fused-ring (bicyclic) bond motifs is 1. The van der Waals surface area contributed by atoms with E-state index >= 15 is 0 Å². The van der Waals surface area contributed by atoms with Gasteiger partial charge in [0, 0.05) is 29.8 Å². The van der Waals surface area contributed by atoms with Gasteiger partial charge in [-0.2, -0.15) is 0 Å². The van der Waals surface area contributed by atoms with Gasteiger partial charge in [0.1, 0.15) is 5.69 Å². The van der Waals surface area contributed by atoms with Crippen molar-refractivity contribution < 1.29 is 5.11 Å². The van der Waals surface area contributed by atoms with Crippen LogP contribution in [0.5, 0.6) is 5.88 Å². The third kappa shape index (κ3) is 2.91. The van der Waals surface area contributed by atoms with Crippen molar-refractivity contribution in [2.45, 2.75) is 25.2 Å². The zero-order chi connectivity index (χ0) is 18.4. The van der Waals surface area contributed by atoms with E-state index < -0.39 is 0 Å². The molecule has 0 unspecified atom stereocenters. The Balaban J connectivity index is 1.63. The summed E-state index contributed by atoms with van der Waals surface area (Å²) in [7, 11) is 0. The SMILES string of the molecule is Nc1ccc(Cc2nc3c(C4CC4)nc(-c4ccccc4)cn3c2O)cc1. The zero-order valence-electron chi connectivity index (χ0n) is 14.8. The number of imidazole rings is 1. The zero-order valence-corrected chi connectivity index (χ0v) is 14.8. The molecule has 1 aliphatic carbocycles. The fourth-order valence-corrected chi connectivity index (χ4v) is 3.43. The number of aromatic nitrogens is 3. The molecule has 4 aromatic rings. The Bertz CT molecular complexity index is 1110. The van der Waals surface area contributed by atoms with Crippen molar-refractivity contribution in [2.24, 2.45) is 0 Å². The Hall–Kier alpha value is -3.34. The van der Waals surface area contributed by atoms with Gasteiger partial charge in [-0.3, -0.25) is 4.40 Å². The van der Waals surface area contributed by atoms with E-state index in [0.717, 1.165) is 46.7 Å². The molecular formula is C22H20N4O. The molecule has 0 atom stereocenters. The minimum absolute atomic E-state index is 0.184. The molecule has 5 heteroatoms. The van der Waals surface area contributed by atoms with Gasteiger partial charge in [0.25, 0.3) is 0 Å². The second-order valence-electron chi connectivity index (χ2n) is 7.15. The van der Waals surface area contributed by atoms with Crippen LogP contribution in [0.2, 0.25) is 0 Å². The molecule has 2 heterocycles. The van der Waals surface area contributed by atoms with Crippen LogP contribution in [0.3, 0.4) is 0 Å². The molecule has 1 saturated carbocycles. The minimum atomic E-state index is 0.184. The average molecular weight is 356 g/mol. The first-order valence-corrected chi connectivity index (χ1v) is 9.20. The molecular weight excluding hydrogens is 336 g/mol. The van der Waals surface area contributed by atoms with Gasteiger partial charge in [0.15, 0.2) is 5.65 Å². The number of nitrogens with zero attached hydrogens (tertiary/aromatic N) is 3. The molecule has 2 aromatic carbocycles. The standard InChI is InChI=1S/C22H20N4O/c23-17-10-6-14(7-11-17)12-18-22(27)26-13-19(15-4-2-1-3-5-15)24-20(16-8-9-16)21(26)25-18/h1-7,10-11,13,16,27H,8-9,12,23H2. The molecule has 0 radical (unpaired) electrons. The first-order chi connectivity index (χ1) is 13.2. The second-order valence-corrected chi connectivity index (χ2v) is 7.15. The van der Waals surface area contributed by atoms with Gasteiger partial charge in [-0.25, -0.2) is 9.97 Å². The highest BCUT2D eigenvalue weighted by atomic mass is 16.3. The summed E-state index contributed by atoms with van der Waals surface area (Å²) in [5, 5.41) is 10.9. The molecule has 0 aliphatic heterocycles. The molecule has 0 bridgehead atoms. The first-order valence-electron chi connectivity index (χ1n) is 9.20. The van der Waals surface area contributed by atoms with Gasteiger partial charge < -0.3 is 10.8 Å². The van der Waals surface area contributed by atoms with Crippen LogP contribution in [0, 0.1) is 0 Å². The van der Waals surface area contributed by atoms with E-state index in [1.165, 1.54) is 0 Å². The van der Waals surface area contributed by atoms with E-state index in [4.69, 9.17) is 15.7 Å². The van der Waals surface area contributed by atoms with Crippen LogP contribution in [-0.4, -0.2) is 19.5 Å². The summed E-state index contributed by atoms with van der Waals surface area (Å²) in [5.41, 5.74) is 11.9. The molecule has 5 nitrogen and oxygen atoms in total. The van der Waals surface area contributed by atoms with Crippen LogP contribution in [0.25, 0.3) is 16.9 Å². The van der Waals surface area contributed by atoms with Crippen molar-refractivity contribution in [1.82, 2.24) is 14.4 Å². The molecule has 134 valence electrons. The molecule has 0 saturated heterocycles. The normalized spacial score (nSPS) is 13.9. The van der Waals surface area contributed by atoms with E-state index in [9.17, 15) is 5.11 Å². The molecule has 1 aliphatic rings. The highest BCUT2D eigenvalue weighted by molar-refractivity contribution is 5.63. The summed E-state index contributed by atoms with van der Waals surface area (Å²) in [4.78, 5) is 9.64. The summed E-state index contributed by atoms with van der Waals surface area (Å²) < 4.78 is 1.79. The van der Waals surface area contributed by atoms with Crippen LogP contribution < -0.4 is 5.73 Å². The third-order valence-electron chi connectivity index (χ3n) is 5.06. The lowest BCUT2D eigenvalue weighted by Crippen LogP contribution is -1.98. The fraction of sp³-hybridized carbons (Fsp3) is 0.182. The molecule has 1 fully saturated rings. The van der Waals surface area contributed by atoms with E-state index in [1.807, 2.05) is 60.8 Å². The Kier molecular flexibility index (Phi) is 3.60. The van der Waals surface area contributed by atoms with Gasteiger partial charge in [-0.15, -0.1) is 0 Å². The van der Waals surface area contributed by atoms with Crippen LogP contribution in [0.4, 0.5) is 5.69 Å². The molecule has 5 rings (SSSR count). The van der Waals surface area contributed by atoms with E-state index in [1.54, 1.807) is 4.40 Å². The minimum Gasteiger partial charge on any atom is -0.493 e. The Morgan fingerprint density at radius 2 is 1.74 bits per heavy atom. The number of aromatic hydroxyl groups is 1. The monoisotopic (exact) mass is 356 g/mol. The van der Waals surface area contributed by atoms with E-state index in [0.29, 0.717) is 18.0 Å². The lowest BCUT2D eigenvalue weighted by atomic mass is 10.1. The highest BCUT2D eigenvalue weighted by Gasteiger charge is 2.30. The maximum atomic E-state index is 10.9. The van der Waals surface area contributed by atoms with Crippen molar-refractivity contribution >= 4 is 11.3 Å². The van der Waals surface area contributed by atoms with Crippen molar-refractivity contribution in [2.75, 3.05) is 5.73 Å². The van der Waals surface area contributed by atoms with Crippen molar-refractivity contribution in [3.63, 3.8) is 0 Å². The van der Waals surface area contributed by atoms with Gasteiger partial charge in [0.2, 0.25) is 5.88 Å². The van der Waals surface area contributed by atoms with Gasteiger partial charge in [-0.05, 0) is 30.5 Å². The number of rotatable bonds is 4. The number of anilines is 1. The van der Waals surface area contributed by atoms with Gasteiger partial charge in [-0.1, -0.05) is 42.5 Å². The largest absolute Gasteiger partial charge is 0.493 e. The van der Waals surface area contributed by atoms with E-state index in [-0.39, 0.29) is 5.88 Å². The molecule has 27 heavy (non-hydrogen) atoms. The Morgan fingerprint density at radius 1 is 1.00 bits per heavy atom. The number of hydrogen-bond donors (Lipinski definition) is 2. The smallest absolute Gasteiger partial charge is 0.219 e. The second kappa shape index (κ2) is 6.13. The number of benzene rings is 2. The maximum absolute atomic E-state index is 10.9. The average Bonchev–Trinajstić information content (AvgIpc) is 3.50. The van der Waals surface area contributed by atoms with E-state index in [2.05, 4.69) is 0 Å². The van der Waals surface area contributed by atoms with Gasteiger partial charge in [0.05, 0.1) is 11.4 Å². The number of nitrogen functional groups attached to an aromatic ring is 1. The van der Waals surface area contributed by atoms with Crippen molar-refractivity contribution in [3.8, 4) is 17.1 Å². The third-order valence-corrected chi connectivity index (χ3v) is 5.06. The summed E-state index contributed by atoms with van der Waals surface area (Å²) in [6, 6.07) is 17.7. The van der Waals surface area contributed by atoms with Crippen LogP contribution in [-0.2, 0) is 6.42 Å². The van der Waals surface area contributed by atoms with Crippen LogP contribution >= 0.6 is 0 Å². The lowest BCUT2D eigenvalue weighted by Gasteiger charge is -2.07. The fourth-order valence-electron chi connectivity index (χ4n) is 3.43. The van der Waals surface area contributed by atoms with Gasteiger partial charge >= 0.3 is 0 Å². The topological polar surface area (TPSA) is 76.4 Å². The van der Waals surface area contributed by atoms with Crippen molar-refractivity contribution in [3.05, 3.63) is 77.7 Å². The lowest BCUT2D eigenvalue weighted by molar-refractivity contribution is 0.442. The van der Waals surface area contributed by atoms with Crippen LogP contribution in [0.1, 0.15) is 35.7 Å². The quantitative estimate of drug-likeness (QED) is 0.539. The molecule has 0 spiro atoms. The Labute approximate surface area is 157 Å². The summed E-state index contributed by atoms with van der Waals surface area (Å²) >= 11 is 0. The molecule has 3 N–H and O–H groups in total. The molecule has 0 amide bonds. The summed E-state index contributed by atoms with van der Waals surface area (Å²) in [5.74, 6) is 0.616. The highest BCUT2D eigenvalue weighted by Crippen LogP contribution is 2.42. The molecule has 2 aromatic heterocycles. The van der Waals surface area contributed by atoms with Crippen molar-refractivity contribution in [1.29, 1.82) is 0 Å². The Morgan fingerprint density at radius 3 is 2.44 bits per heavy atom. The summed E-state index contributed by atoms with van der Waals surface area (Å²) in [6.07, 6.45) is 4.69. The number of hydrogen-bond acceptors (Lipinski definition) is 4. The summed E-state index contributed by atoms with van der Waals surface area (Å²) in [6.45, 7) is 0.